The second-order valence-electron chi connectivity index (χ2n) is 5.83. The number of benzene rings is 1. The van der Waals surface area contributed by atoms with Gasteiger partial charge < -0.3 is 4.90 Å². The highest BCUT2D eigenvalue weighted by molar-refractivity contribution is 5.81. The summed E-state index contributed by atoms with van der Waals surface area (Å²) in [4.78, 5) is 24.4. The fourth-order valence-electron chi connectivity index (χ4n) is 3.32. The van der Waals surface area contributed by atoms with E-state index >= 15 is 0 Å². The third-order valence-corrected chi connectivity index (χ3v) is 4.41. The van der Waals surface area contributed by atoms with E-state index in [2.05, 4.69) is 5.32 Å². The molecule has 112 valence electrons. The molecule has 1 aliphatic carbocycles. The number of rotatable bonds is 4. The predicted octanol–water partition coefficient (Wildman–Crippen LogP) is 2.22. The number of nitrogens with one attached hydrogen (secondary N) is 1. The lowest BCUT2D eigenvalue weighted by Gasteiger charge is -2.27. The summed E-state index contributed by atoms with van der Waals surface area (Å²) in [5.74, 6) is 0.647. The molecular formula is C15H19N3O3. The van der Waals surface area contributed by atoms with Gasteiger partial charge >= 0.3 is 0 Å². The second-order valence-corrected chi connectivity index (χ2v) is 5.83. The van der Waals surface area contributed by atoms with Crippen LogP contribution in [-0.4, -0.2) is 28.8 Å². The topological polar surface area (TPSA) is 75.5 Å². The predicted molar refractivity (Wildman–Crippen MR) is 77.5 cm³/mol. The number of nitro groups is 1. The van der Waals surface area contributed by atoms with Gasteiger partial charge in [0.05, 0.1) is 11.5 Å². The number of non-ortho nitro benzene ring substituents is 1. The van der Waals surface area contributed by atoms with Gasteiger partial charge in [-0.1, -0.05) is 25.0 Å². The summed E-state index contributed by atoms with van der Waals surface area (Å²) in [5.41, 5.74) is 0.850. The number of nitro benzene ring substituents is 1. The zero-order chi connectivity index (χ0) is 14.8. The van der Waals surface area contributed by atoms with Crippen LogP contribution in [0.3, 0.4) is 0 Å². The molecule has 0 aromatic heterocycles. The van der Waals surface area contributed by atoms with Crippen molar-refractivity contribution in [2.75, 3.05) is 13.1 Å². The van der Waals surface area contributed by atoms with E-state index in [1.54, 1.807) is 12.1 Å². The first-order valence-electron chi connectivity index (χ1n) is 7.42. The van der Waals surface area contributed by atoms with Gasteiger partial charge in [0.1, 0.15) is 6.17 Å². The molecule has 1 N–H and O–H groups in total. The molecule has 1 aromatic carbocycles. The zero-order valence-corrected chi connectivity index (χ0v) is 11.8. The van der Waals surface area contributed by atoms with Gasteiger partial charge in [-0.3, -0.25) is 20.2 Å². The minimum absolute atomic E-state index is 0.0643. The molecule has 6 heteroatoms. The first kappa shape index (κ1) is 14.0. The summed E-state index contributed by atoms with van der Waals surface area (Å²) in [7, 11) is 0. The lowest BCUT2D eigenvalue weighted by atomic mass is 10.1. The number of nitrogens with zero attached hydrogens (tertiary/aromatic N) is 2. The highest BCUT2D eigenvalue weighted by Crippen LogP contribution is 2.31. The van der Waals surface area contributed by atoms with Crippen LogP contribution in [-0.2, 0) is 4.79 Å². The Bertz CT molecular complexity index is 555. The summed E-state index contributed by atoms with van der Waals surface area (Å²) in [5, 5.41) is 14.1. The first-order chi connectivity index (χ1) is 10.1. The normalized spacial score (nSPS) is 23.0. The van der Waals surface area contributed by atoms with E-state index in [4.69, 9.17) is 0 Å². The summed E-state index contributed by atoms with van der Waals surface area (Å²) >= 11 is 0. The molecule has 0 spiro atoms. The van der Waals surface area contributed by atoms with Crippen molar-refractivity contribution >= 4 is 11.6 Å². The van der Waals surface area contributed by atoms with Crippen molar-refractivity contribution < 1.29 is 9.72 Å². The minimum Gasteiger partial charge on any atom is -0.322 e. The van der Waals surface area contributed by atoms with E-state index in [1.165, 1.54) is 31.7 Å². The van der Waals surface area contributed by atoms with E-state index in [0.29, 0.717) is 12.5 Å². The first-order valence-corrected chi connectivity index (χ1v) is 7.42. The van der Waals surface area contributed by atoms with Gasteiger partial charge in [0.25, 0.3) is 5.69 Å². The highest BCUT2D eigenvalue weighted by atomic mass is 16.6. The average molecular weight is 289 g/mol. The van der Waals surface area contributed by atoms with Gasteiger partial charge in [0.15, 0.2) is 0 Å². The Balaban J connectivity index is 1.80. The summed E-state index contributed by atoms with van der Waals surface area (Å²) in [6, 6.07) is 6.54. The van der Waals surface area contributed by atoms with Gasteiger partial charge in [-0.15, -0.1) is 0 Å². The molecular weight excluding hydrogens is 270 g/mol. The maximum Gasteiger partial charge on any atom is 0.269 e. The molecule has 1 atom stereocenters. The third-order valence-electron chi connectivity index (χ3n) is 4.41. The number of carbonyl (C=O) groups is 1. The standard InChI is InChI=1S/C15H19N3O3/c19-14-9-16-15(17(14)10-11-4-1-2-5-11)12-6-3-7-13(8-12)18(20)21/h3,6-8,11,15-16H,1-2,4-5,9-10H2. The summed E-state index contributed by atoms with van der Waals surface area (Å²) in [6.07, 6.45) is 4.58. The van der Waals surface area contributed by atoms with Gasteiger partial charge in [0, 0.05) is 18.7 Å². The Morgan fingerprint density at radius 1 is 1.33 bits per heavy atom. The van der Waals surface area contributed by atoms with Crippen molar-refractivity contribution in [1.29, 1.82) is 0 Å². The van der Waals surface area contributed by atoms with Crippen LogP contribution in [0, 0.1) is 16.0 Å². The Morgan fingerprint density at radius 3 is 2.81 bits per heavy atom. The lowest BCUT2D eigenvalue weighted by molar-refractivity contribution is -0.385. The minimum atomic E-state index is -0.401. The molecule has 1 heterocycles. The Kier molecular flexibility index (Phi) is 3.88. The Morgan fingerprint density at radius 2 is 2.10 bits per heavy atom. The molecule has 2 aliphatic rings. The quantitative estimate of drug-likeness (QED) is 0.681. The molecule has 0 bridgehead atoms. The Labute approximate surface area is 123 Å². The largest absolute Gasteiger partial charge is 0.322 e. The maximum atomic E-state index is 12.1. The third kappa shape index (κ3) is 2.90. The second kappa shape index (κ2) is 5.81. The molecule has 1 saturated carbocycles. The van der Waals surface area contributed by atoms with E-state index in [0.717, 1.165) is 12.1 Å². The number of hydrogen-bond donors (Lipinski definition) is 1. The van der Waals surface area contributed by atoms with Crippen LogP contribution < -0.4 is 5.32 Å². The molecule has 1 unspecified atom stereocenters. The molecule has 2 fully saturated rings. The van der Waals surface area contributed by atoms with Crippen LogP contribution in [0.25, 0.3) is 0 Å². The van der Waals surface area contributed by atoms with E-state index in [1.807, 2.05) is 11.0 Å². The Hall–Kier alpha value is -1.95. The summed E-state index contributed by atoms with van der Waals surface area (Å²) in [6.45, 7) is 1.05. The van der Waals surface area contributed by atoms with Crippen molar-refractivity contribution in [1.82, 2.24) is 10.2 Å². The van der Waals surface area contributed by atoms with Crippen LogP contribution in [0.1, 0.15) is 37.4 Å². The highest BCUT2D eigenvalue weighted by Gasteiger charge is 2.34. The molecule has 0 radical (unpaired) electrons. The number of amides is 1. The molecule has 1 saturated heterocycles. The van der Waals surface area contributed by atoms with Crippen LogP contribution in [0.2, 0.25) is 0 Å². The average Bonchev–Trinajstić information content (AvgIpc) is 3.11. The summed E-state index contributed by atoms with van der Waals surface area (Å²) < 4.78 is 0. The van der Waals surface area contributed by atoms with Crippen LogP contribution in [0.4, 0.5) is 5.69 Å². The number of carbonyl (C=O) groups excluding carboxylic acids is 1. The SMILES string of the molecule is O=C1CNC(c2cccc([N+](=O)[O-])c2)N1CC1CCCC1. The monoisotopic (exact) mass is 289 g/mol. The molecule has 6 nitrogen and oxygen atoms in total. The van der Waals surface area contributed by atoms with Crippen molar-refractivity contribution in [2.24, 2.45) is 5.92 Å². The van der Waals surface area contributed by atoms with E-state index in [9.17, 15) is 14.9 Å². The number of hydrogen-bond acceptors (Lipinski definition) is 4. The smallest absolute Gasteiger partial charge is 0.269 e. The molecule has 1 amide bonds. The van der Waals surface area contributed by atoms with Crippen molar-refractivity contribution in [3.05, 3.63) is 39.9 Å². The van der Waals surface area contributed by atoms with Gasteiger partial charge in [-0.2, -0.15) is 0 Å². The van der Waals surface area contributed by atoms with Crippen LogP contribution in [0.15, 0.2) is 24.3 Å². The maximum absolute atomic E-state index is 12.1. The van der Waals surface area contributed by atoms with Crippen LogP contribution in [0.5, 0.6) is 0 Å². The van der Waals surface area contributed by atoms with Gasteiger partial charge in [-0.25, -0.2) is 0 Å². The fraction of sp³-hybridized carbons (Fsp3) is 0.533. The molecule has 1 aromatic rings. The van der Waals surface area contributed by atoms with Gasteiger partial charge in [0.2, 0.25) is 5.91 Å². The van der Waals surface area contributed by atoms with Crippen molar-refractivity contribution in [3.8, 4) is 0 Å². The fourth-order valence-corrected chi connectivity index (χ4v) is 3.32. The lowest BCUT2D eigenvalue weighted by Crippen LogP contribution is -2.34. The molecule has 21 heavy (non-hydrogen) atoms. The van der Waals surface area contributed by atoms with E-state index < -0.39 is 4.92 Å². The molecule has 1 aliphatic heterocycles. The zero-order valence-electron chi connectivity index (χ0n) is 11.8. The van der Waals surface area contributed by atoms with Crippen LogP contribution >= 0.6 is 0 Å². The molecule has 3 rings (SSSR count). The van der Waals surface area contributed by atoms with E-state index in [-0.39, 0.29) is 17.8 Å². The van der Waals surface area contributed by atoms with Gasteiger partial charge in [-0.05, 0) is 24.3 Å². The van der Waals surface area contributed by atoms with Crippen molar-refractivity contribution in [3.63, 3.8) is 0 Å². The van der Waals surface area contributed by atoms with Crippen molar-refractivity contribution in [2.45, 2.75) is 31.8 Å².